The van der Waals surface area contributed by atoms with E-state index in [1.165, 1.54) is 0 Å². The van der Waals surface area contributed by atoms with Gasteiger partial charge in [-0.05, 0) is 6.92 Å². The van der Waals surface area contributed by atoms with Gasteiger partial charge in [0.25, 0.3) is 6.47 Å². The highest BCUT2D eigenvalue weighted by atomic mass is 16.3. The molecule has 76 valence electrons. The Balaban J connectivity index is -0.000000115. The Kier molecular flexibility index (Phi) is 32.6. The highest BCUT2D eigenvalue weighted by molar-refractivity contribution is 5.32. The lowest BCUT2D eigenvalue weighted by Crippen LogP contribution is -2.15. The zero-order valence-corrected chi connectivity index (χ0v) is 6.92. The average Bonchev–Trinajstić information content (AvgIpc) is 2.06. The van der Waals surface area contributed by atoms with Crippen LogP contribution in [0.1, 0.15) is 6.92 Å². The number of hydrogen-bond acceptors (Lipinski definition) is 5. The van der Waals surface area contributed by atoms with E-state index >= 15 is 0 Å². The third-order valence-electron chi connectivity index (χ3n) is 0.421. The quantitative estimate of drug-likeness (QED) is 0.318. The van der Waals surface area contributed by atoms with Gasteiger partial charge in [0.1, 0.15) is 6.10 Å². The van der Waals surface area contributed by atoms with Crippen molar-refractivity contribution in [3.63, 3.8) is 0 Å². The van der Waals surface area contributed by atoms with E-state index in [9.17, 15) is 0 Å². The lowest BCUT2D eigenvalue weighted by molar-refractivity contribution is -0.122. The number of hydrogen-bond donors (Lipinski definition) is 5. The fourth-order valence-electron chi connectivity index (χ4n) is 0.0577. The topological polar surface area (TPSA) is 118 Å². The van der Waals surface area contributed by atoms with E-state index in [2.05, 4.69) is 0 Å². The molecule has 5 N–H and O–H groups in total. The first-order chi connectivity index (χ1) is 5.64. The monoisotopic (exact) mass is 184 g/mol. The Bertz CT molecular complexity index is 63.1. The Morgan fingerprint density at radius 3 is 1.42 bits per heavy atom. The number of aliphatic hydroxyl groups is 4. The molecule has 6 nitrogen and oxygen atoms in total. The summed E-state index contributed by atoms with van der Waals surface area (Å²) in [5, 5.41) is 38.5. The molecule has 0 radical (unpaired) electrons. The zero-order valence-electron chi connectivity index (χ0n) is 6.92. The Labute approximate surface area is 70.7 Å². The van der Waals surface area contributed by atoms with Crippen LogP contribution >= 0.6 is 0 Å². The molecule has 0 spiro atoms. The van der Waals surface area contributed by atoms with Gasteiger partial charge in [-0.25, -0.2) is 0 Å². The molecule has 0 aliphatic heterocycles. The van der Waals surface area contributed by atoms with Crippen molar-refractivity contribution in [3.8, 4) is 0 Å². The standard InChI is InChI=1S/C3H8O3.C2H6O.CH2O2/c4-1-3(6)2-5;1-2-3;2-1-3/h3-6H,1-2H2;3H,2H2,1H3;1H,(H,2,3). The van der Waals surface area contributed by atoms with Crippen LogP contribution in [0.25, 0.3) is 0 Å². The number of carboxylic acid groups (broad SMARTS) is 1. The molecule has 6 heteroatoms. The van der Waals surface area contributed by atoms with Crippen LogP contribution in [-0.2, 0) is 4.79 Å². The second-order valence-electron chi connectivity index (χ2n) is 1.44. The summed E-state index contributed by atoms with van der Waals surface area (Å²) in [6, 6.07) is 0. The van der Waals surface area contributed by atoms with Crippen molar-refractivity contribution in [1.82, 2.24) is 0 Å². The average molecular weight is 184 g/mol. The van der Waals surface area contributed by atoms with E-state index in [-0.39, 0.29) is 26.3 Å². The van der Waals surface area contributed by atoms with Crippen molar-refractivity contribution < 1.29 is 30.3 Å². The minimum Gasteiger partial charge on any atom is -0.483 e. The van der Waals surface area contributed by atoms with E-state index in [1.54, 1.807) is 6.92 Å². The van der Waals surface area contributed by atoms with Crippen LogP contribution in [0.2, 0.25) is 0 Å². The molecular weight excluding hydrogens is 168 g/mol. The van der Waals surface area contributed by atoms with E-state index in [1.807, 2.05) is 0 Å². The van der Waals surface area contributed by atoms with Gasteiger partial charge < -0.3 is 25.5 Å². The molecule has 0 fully saturated rings. The van der Waals surface area contributed by atoms with Crippen LogP contribution in [0.5, 0.6) is 0 Å². The van der Waals surface area contributed by atoms with Gasteiger partial charge in [-0.1, -0.05) is 0 Å². The summed E-state index contributed by atoms with van der Waals surface area (Å²) in [7, 11) is 0. The van der Waals surface area contributed by atoms with Crippen molar-refractivity contribution in [1.29, 1.82) is 0 Å². The van der Waals surface area contributed by atoms with Gasteiger partial charge in [-0.2, -0.15) is 0 Å². The van der Waals surface area contributed by atoms with Crippen LogP contribution < -0.4 is 0 Å². The van der Waals surface area contributed by atoms with Gasteiger partial charge in [0, 0.05) is 6.61 Å². The van der Waals surface area contributed by atoms with Crippen molar-refractivity contribution in [2.75, 3.05) is 19.8 Å². The van der Waals surface area contributed by atoms with Gasteiger partial charge in [0.05, 0.1) is 13.2 Å². The maximum absolute atomic E-state index is 8.36. The second-order valence-corrected chi connectivity index (χ2v) is 1.44. The minimum atomic E-state index is -0.954. The molecule has 0 aromatic carbocycles. The first-order valence-corrected chi connectivity index (χ1v) is 3.22. The molecule has 0 aliphatic carbocycles. The van der Waals surface area contributed by atoms with Crippen LogP contribution in [0.15, 0.2) is 0 Å². The SMILES string of the molecule is CCO.O=CO.OCC(O)CO. The molecule has 0 aliphatic rings. The molecular formula is C6H16O6. The third-order valence-corrected chi connectivity index (χ3v) is 0.421. The molecule has 0 saturated heterocycles. The summed E-state index contributed by atoms with van der Waals surface area (Å²) in [6.07, 6.45) is -0.954. The summed E-state index contributed by atoms with van der Waals surface area (Å²) < 4.78 is 0. The Hall–Kier alpha value is -0.690. The highest BCUT2D eigenvalue weighted by Gasteiger charge is 1.93. The normalized spacial score (nSPS) is 7.50. The van der Waals surface area contributed by atoms with Crippen molar-refractivity contribution in [2.24, 2.45) is 0 Å². The van der Waals surface area contributed by atoms with Gasteiger partial charge >= 0.3 is 0 Å². The predicted molar refractivity (Wildman–Crippen MR) is 41.6 cm³/mol. The van der Waals surface area contributed by atoms with Crippen LogP contribution in [0.4, 0.5) is 0 Å². The summed E-state index contributed by atoms with van der Waals surface area (Å²) in [4.78, 5) is 8.36. The predicted octanol–water partition coefficient (Wildman–Crippen LogP) is -1.97. The molecule has 12 heavy (non-hydrogen) atoms. The largest absolute Gasteiger partial charge is 0.483 e. The maximum atomic E-state index is 8.36. The molecule has 0 aromatic heterocycles. The van der Waals surface area contributed by atoms with Crippen LogP contribution in [-0.4, -0.2) is 57.9 Å². The molecule has 0 aromatic rings. The van der Waals surface area contributed by atoms with Crippen molar-refractivity contribution >= 4 is 6.47 Å². The molecule has 0 rings (SSSR count). The van der Waals surface area contributed by atoms with Gasteiger partial charge in [0.2, 0.25) is 0 Å². The summed E-state index contributed by atoms with van der Waals surface area (Å²) in [5.74, 6) is 0. The van der Waals surface area contributed by atoms with E-state index in [0.29, 0.717) is 0 Å². The first-order valence-electron chi connectivity index (χ1n) is 3.22. The van der Waals surface area contributed by atoms with Crippen LogP contribution in [0, 0.1) is 0 Å². The van der Waals surface area contributed by atoms with E-state index in [0.717, 1.165) is 0 Å². The summed E-state index contributed by atoms with van der Waals surface area (Å²) >= 11 is 0. The molecule has 0 unspecified atom stereocenters. The highest BCUT2D eigenvalue weighted by Crippen LogP contribution is 1.71. The van der Waals surface area contributed by atoms with Crippen molar-refractivity contribution in [2.45, 2.75) is 13.0 Å². The number of aliphatic hydroxyl groups excluding tert-OH is 4. The van der Waals surface area contributed by atoms with E-state index < -0.39 is 6.10 Å². The molecule has 0 saturated carbocycles. The Morgan fingerprint density at radius 2 is 1.42 bits per heavy atom. The van der Waals surface area contributed by atoms with Gasteiger partial charge in [0.15, 0.2) is 0 Å². The fraction of sp³-hybridized carbons (Fsp3) is 0.833. The second kappa shape index (κ2) is 22.4. The lowest BCUT2D eigenvalue weighted by atomic mass is 10.4. The van der Waals surface area contributed by atoms with Crippen LogP contribution in [0.3, 0.4) is 0 Å². The molecule has 0 heterocycles. The smallest absolute Gasteiger partial charge is 0.290 e. The summed E-state index contributed by atoms with van der Waals surface area (Å²) in [5.41, 5.74) is 0. The Morgan fingerprint density at radius 1 is 1.25 bits per heavy atom. The van der Waals surface area contributed by atoms with Gasteiger partial charge in [-0.15, -0.1) is 0 Å². The number of carbonyl (C=O) groups is 1. The molecule has 0 amide bonds. The lowest BCUT2D eigenvalue weighted by Gasteiger charge is -1.96. The van der Waals surface area contributed by atoms with E-state index in [4.69, 9.17) is 30.3 Å². The molecule has 0 bridgehead atoms. The minimum absolute atomic E-state index is 0.250. The molecule has 0 atom stereocenters. The van der Waals surface area contributed by atoms with Crippen molar-refractivity contribution in [3.05, 3.63) is 0 Å². The third kappa shape index (κ3) is 58.7. The fourth-order valence-corrected chi connectivity index (χ4v) is 0.0577. The zero-order chi connectivity index (χ0) is 10.4. The van der Waals surface area contributed by atoms with Gasteiger partial charge in [-0.3, -0.25) is 4.79 Å². The summed E-state index contributed by atoms with van der Waals surface area (Å²) in [6.45, 7) is 0.951. The first kappa shape index (κ1) is 17.4. The maximum Gasteiger partial charge on any atom is 0.290 e. The number of rotatable bonds is 2.